The molecule has 35 heavy (non-hydrogen) atoms. The van der Waals surface area contributed by atoms with Crippen molar-refractivity contribution >= 4 is 26.8 Å². The fourth-order valence-electron chi connectivity index (χ4n) is 3.98. The largest absolute Gasteiger partial charge is 0.344 e. The first-order valence-electron chi connectivity index (χ1n) is 11.0. The molecule has 0 spiro atoms. The number of amides is 1. The van der Waals surface area contributed by atoms with E-state index >= 15 is 0 Å². The first kappa shape index (κ1) is 24.1. The number of carbonyl (C=O) groups is 1. The van der Waals surface area contributed by atoms with Crippen LogP contribution in [0.15, 0.2) is 84.9 Å². The van der Waals surface area contributed by atoms with Crippen molar-refractivity contribution in [3.05, 3.63) is 102 Å². The van der Waals surface area contributed by atoms with Crippen LogP contribution < -0.4 is 10.0 Å². The zero-order valence-electron chi connectivity index (χ0n) is 19.1. The highest BCUT2D eigenvalue weighted by atomic mass is 32.2. The molecule has 8 heteroatoms. The van der Waals surface area contributed by atoms with Crippen molar-refractivity contribution < 1.29 is 13.2 Å². The maximum absolute atomic E-state index is 13.8. The van der Waals surface area contributed by atoms with Crippen LogP contribution in [0.2, 0.25) is 0 Å². The number of rotatable bonds is 8. The molecule has 1 atom stereocenters. The molecule has 0 radical (unpaired) electrons. The lowest BCUT2D eigenvalue weighted by molar-refractivity contribution is 0.0938. The van der Waals surface area contributed by atoms with Crippen LogP contribution in [0.25, 0.3) is 22.2 Å². The Labute approximate surface area is 204 Å². The number of nitrogens with one attached hydrogen (secondary N) is 2. The van der Waals surface area contributed by atoms with E-state index < -0.39 is 22.0 Å². The molecule has 4 rings (SSSR count). The van der Waals surface area contributed by atoms with Crippen LogP contribution in [0.3, 0.4) is 0 Å². The number of para-hydroxylation sites is 1. The summed E-state index contributed by atoms with van der Waals surface area (Å²) < 4.78 is 26.5. The fourth-order valence-corrected chi connectivity index (χ4v) is 4.39. The van der Waals surface area contributed by atoms with E-state index in [0.29, 0.717) is 27.7 Å². The van der Waals surface area contributed by atoms with Crippen molar-refractivity contribution in [2.45, 2.75) is 19.0 Å². The molecule has 0 saturated heterocycles. The second-order valence-electron chi connectivity index (χ2n) is 8.09. The van der Waals surface area contributed by atoms with Crippen molar-refractivity contribution in [3.63, 3.8) is 0 Å². The van der Waals surface area contributed by atoms with Gasteiger partial charge in [0, 0.05) is 23.1 Å². The number of hydrogen-bond acceptors (Lipinski definition) is 5. The van der Waals surface area contributed by atoms with Crippen molar-refractivity contribution in [1.29, 1.82) is 5.26 Å². The molecular formula is C27H24N4O3S. The molecule has 176 valence electrons. The summed E-state index contributed by atoms with van der Waals surface area (Å²) in [6.45, 7) is -0.113. The van der Waals surface area contributed by atoms with Gasteiger partial charge in [-0.3, -0.25) is 4.79 Å². The van der Waals surface area contributed by atoms with Crippen LogP contribution in [0.4, 0.5) is 0 Å². The molecule has 0 aliphatic carbocycles. The van der Waals surface area contributed by atoms with Gasteiger partial charge in [0.2, 0.25) is 10.0 Å². The number of fused-ring (bicyclic) bond motifs is 1. The Hall–Kier alpha value is -4.06. The summed E-state index contributed by atoms with van der Waals surface area (Å²) in [4.78, 5) is 18.6. The lowest BCUT2D eigenvalue weighted by Gasteiger charge is -2.21. The Balaban J connectivity index is 1.90. The minimum absolute atomic E-state index is 0.0846. The molecule has 0 bridgehead atoms. The molecule has 7 nitrogen and oxygen atoms in total. The number of pyridine rings is 1. The van der Waals surface area contributed by atoms with Gasteiger partial charge in [-0.25, -0.2) is 18.1 Å². The van der Waals surface area contributed by atoms with Gasteiger partial charge in [0.15, 0.2) is 0 Å². The summed E-state index contributed by atoms with van der Waals surface area (Å²) >= 11 is 0. The second kappa shape index (κ2) is 10.5. The first-order chi connectivity index (χ1) is 16.9. The van der Waals surface area contributed by atoms with Gasteiger partial charge in [-0.05, 0) is 11.6 Å². The van der Waals surface area contributed by atoms with E-state index in [1.165, 1.54) is 0 Å². The highest BCUT2D eigenvalue weighted by Crippen LogP contribution is 2.31. The normalized spacial score (nSPS) is 12.1. The summed E-state index contributed by atoms with van der Waals surface area (Å²) in [5.74, 6) is -0.407. The summed E-state index contributed by atoms with van der Waals surface area (Å²) in [7, 11) is -3.54. The van der Waals surface area contributed by atoms with E-state index in [0.717, 1.165) is 17.4 Å². The number of nitrogens with zero attached hydrogens (tertiary/aromatic N) is 2. The Morgan fingerprint density at radius 1 is 0.971 bits per heavy atom. The topological polar surface area (TPSA) is 112 Å². The summed E-state index contributed by atoms with van der Waals surface area (Å²) in [5.41, 5.74) is 3.47. The molecule has 0 aliphatic rings. The van der Waals surface area contributed by atoms with Crippen molar-refractivity contribution in [1.82, 2.24) is 15.0 Å². The standard InChI is InChI=1S/C27H24N4O3S/c1-35(33,34)29-18-22-25(27(32)31-23(16-17-28)19-10-4-2-5-11-19)21-14-8-9-15-24(21)30-26(22)20-12-6-3-7-13-20/h2-15,23,29H,16,18H2,1H3,(H,31,32). The molecule has 4 aromatic rings. The zero-order chi connectivity index (χ0) is 24.8. The third-order valence-corrected chi connectivity index (χ3v) is 6.25. The fraction of sp³-hybridized carbons (Fsp3) is 0.148. The Bertz CT molecular complexity index is 1500. The molecule has 1 heterocycles. The van der Waals surface area contributed by atoms with E-state index in [4.69, 9.17) is 4.98 Å². The monoisotopic (exact) mass is 484 g/mol. The summed E-state index contributed by atoms with van der Waals surface area (Å²) in [6, 6.07) is 27.5. The first-order valence-corrected chi connectivity index (χ1v) is 12.9. The molecule has 1 unspecified atom stereocenters. The van der Waals surface area contributed by atoms with Gasteiger partial charge in [-0.2, -0.15) is 5.26 Å². The third kappa shape index (κ3) is 5.72. The summed E-state index contributed by atoms with van der Waals surface area (Å²) in [5, 5.41) is 13.0. The number of hydrogen-bond donors (Lipinski definition) is 2. The molecule has 1 aromatic heterocycles. The van der Waals surface area contributed by atoms with Gasteiger partial charge in [0.25, 0.3) is 5.91 Å². The smallest absolute Gasteiger partial charge is 0.252 e. The zero-order valence-corrected chi connectivity index (χ0v) is 19.9. The van der Waals surface area contributed by atoms with Crippen LogP contribution in [0, 0.1) is 11.3 Å². The SMILES string of the molecule is CS(=O)(=O)NCc1c(-c2ccccc2)nc2ccccc2c1C(=O)NC(CC#N)c1ccccc1. The number of aromatic nitrogens is 1. The lowest BCUT2D eigenvalue weighted by atomic mass is 9.95. The highest BCUT2D eigenvalue weighted by Gasteiger charge is 2.24. The van der Waals surface area contributed by atoms with Crippen LogP contribution >= 0.6 is 0 Å². The van der Waals surface area contributed by atoms with Gasteiger partial charge in [-0.1, -0.05) is 78.9 Å². The van der Waals surface area contributed by atoms with Crippen molar-refractivity contribution in [2.24, 2.45) is 0 Å². The average molecular weight is 485 g/mol. The van der Waals surface area contributed by atoms with E-state index in [-0.39, 0.29) is 13.0 Å². The Morgan fingerprint density at radius 2 is 1.60 bits per heavy atom. The van der Waals surface area contributed by atoms with E-state index in [1.54, 1.807) is 12.1 Å². The van der Waals surface area contributed by atoms with Gasteiger partial charge in [0.1, 0.15) is 0 Å². The molecule has 0 fully saturated rings. The molecular weight excluding hydrogens is 460 g/mol. The minimum Gasteiger partial charge on any atom is -0.344 e. The molecule has 0 saturated carbocycles. The number of carbonyl (C=O) groups excluding carboxylic acids is 1. The predicted octanol–water partition coefficient (Wildman–Crippen LogP) is 4.34. The lowest BCUT2D eigenvalue weighted by Crippen LogP contribution is -2.31. The van der Waals surface area contributed by atoms with E-state index in [9.17, 15) is 18.5 Å². The van der Waals surface area contributed by atoms with Crippen LogP contribution in [0.5, 0.6) is 0 Å². The van der Waals surface area contributed by atoms with E-state index in [2.05, 4.69) is 16.1 Å². The summed E-state index contributed by atoms with van der Waals surface area (Å²) in [6.07, 6.45) is 1.16. The molecule has 2 N–H and O–H groups in total. The average Bonchev–Trinajstić information content (AvgIpc) is 2.87. The van der Waals surface area contributed by atoms with Crippen LogP contribution in [-0.2, 0) is 16.6 Å². The van der Waals surface area contributed by atoms with E-state index in [1.807, 2.05) is 72.8 Å². The highest BCUT2D eigenvalue weighted by molar-refractivity contribution is 7.88. The van der Waals surface area contributed by atoms with Gasteiger partial charge >= 0.3 is 0 Å². The second-order valence-corrected chi connectivity index (χ2v) is 9.92. The van der Waals surface area contributed by atoms with Crippen LogP contribution in [0.1, 0.15) is 33.9 Å². The maximum Gasteiger partial charge on any atom is 0.252 e. The number of sulfonamides is 1. The van der Waals surface area contributed by atoms with Crippen molar-refractivity contribution in [2.75, 3.05) is 6.26 Å². The van der Waals surface area contributed by atoms with Gasteiger partial charge in [0.05, 0.1) is 41.6 Å². The number of benzene rings is 3. The molecule has 3 aromatic carbocycles. The Kier molecular flexibility index (Phi) is 7.20. The van der Waals surface area contributed by atoms with Crippen molar-refractivity contribution in [3.8, 4) is 17.3 Å². The Morgan fingerprint density at radius 3 is 2.26 bits per heavy atom. The third-order valence-electron chi connectivity index (χ3n) is 5.58. The minimum atomic E-state index is -3.54. The maximum atomic E-state index is 13.8. The van der Waals surface area contributed by atoms with Crippen LogP contribution in [-0.4, -0.2) is 25.6 Å². The van der Waals surface area contributed by atoms with Gasteiger partial charge < -0.3 is 5.32 Å². The van der Waals surface area contributed by atoms with Gasteiger partial charge in [-0.15, -0.1) is 0 Å². The molecule has 0 aliphatic heterocycles. The molecule has 1 amide bonds. The predicted molar refractivity (Wildman–Crippen MR) is 136 cm³/mol. The number of nitriles is 1. The quantitative estimate of drug-likeness (QED) is 0.386.